The van der Waals surface area contributed by atoms with Crippen LogP contribution >= 0.6 is 0 Å². The molecule has 2 atom stereocenters. The lowest BCUT2D eigenvalue weighted by molar-refractivity contribution is 0.116. The zero-order valence-electron chi connectivity index (χ0n) is 17.9. The molecule has 0 amide bonds. The molecule has 1 N–H and O–H groups in total. The Morgan fingerprint density at radius 1 is 1.06 bits per heavy atom. The van der Waals surface area contributed by atoms with E-state index in [0.29, 0.717) is 35.6 Å². The molecule has 0 radical (unpaired) electrons. The fraction of sp³-hybridized carbons (Fsp3) is 0.304. The smallest absolute Gasteiger partial charge is 0.314 e. The van der Waals surface area contributed by atoms with E-state index in [-0.39, 0.29) is 11.7 Å². The highest BCUT2D eigenvalue weighted by Gasteiger charge is 2.38. The van der Waals surface area contributed by atoms with E-state index in [1.54, 1.807) is 22.9 Å². The molecular formula is C23H20F3N7O. The first-order valence-electron chi connectivity index (χ1n) is 10.9. The Kier molecular flexibility index (Phi) is 5.05. The third-order valence-electron chi connectivity index (χ3n) is 6.32. The van der Waals surface area contributed by atoms with Crippen LogP contribution in [0.5, 0.6) is 0 Å². The summed E-state index contributed by atoms with van der Waals surface area (Å²) in [6, 6.07) is 12.9. The molecule has 2 bridgehead atoms. The van der Waals surface area contributed by atoms with Gasteiger partial charge in [-0.2, -0.15) is 8.78 Å². The molecule has 2 aromatic carbocycles. The van der Waals surface area contributed by atoms with E-state index in [0.717, 1.165) is 30.6 Å². The third kappa shape index (κ3) is 3.81. The monoisotopic (exact) mass is 467 g/mol. The van der Waals surface area contributed by atoms with Gasteiger partial charge in [0.05, 0.1) is 18.4 Å². The maximum absolute atomic E-state index is 14.6. The summed E-state index contributed by atoms with van der Waals surface area (Å²) in [4.78, 5) is 2.14. The number of hydrogen-bond acceptors (Lipinski definition) is 7. The molecule has 2 aliphatic rings. The molecule has 34 heavy (non-hydrogen) atoms. The van der Waals surface area contributed by atoms with E-state index in [4.69, 9.17) is 4.42 Å². The van der Waals surface area contributed by atoms with Crippen LogP contribution in [-0.2, 0) is 6.54 Å². The van der Waals surface area contributed by atoms with E-state index >= 15 is 0 Å². The maximum atomic E-state index is 14.6. The highest BCUT2D eigenvalue weighted by Crippen LogP contribution is 2.33. The molecule has 0 saturated carbocycles. The minimum atomic E-state index is -2.80. The molecule has 11 heteroatoms. The van der Waals surface area contributed by atoms with Crippen molar-refractivity contribution in [2.45, 2.75) is 31.5 Å². The van der Waals surface area contributed by atoms with Crippen LogP contribution in [0.2, 0.25) is 0 Å². The summed E-state index contributed by atoms with van der Waals surface area (Å²) in [5.74, 6) is -0.892. The van der Waals surface area contributed by atoms with Crippen LogP contribution in [-0.4, -0.2) is 50.4 Å². The molecule has 2 saturated heterocycles. The van der Waals surface area contributed by atoms with Gasteiger partial charge in [-0.25, -0.2) is 9.07 Å². The number of fused-ring (bicyclic) bond motifs is 2. The Labute approximate surface area is 192 Å². The molecule has 0 unspecified atom stereocenters. The fourth-order valence-corrected chi connectivity index (χ4v) is 4.64. The van der Waals surface area contributed by atoms with Crippen molar-refractivity contribution in [3.8, 4) is 22.7 Å². The van der Waals surface area contributed by atoms with Gasteiger partial charge in [0.25, 0.3) is 5.89 Å². The Morgan fingerprint density at radius 2 is 1.88 bits per heavy atom. The van der Waals surface area contributed by atoms with E-state index in [1.807, 2.05) is 24.4 Å². The largest absolute Gasteiger partial charge is 0.415 e. The molecular weight excluding hydrogens is 447 g/mol. The zero-order valence-corrected chi connectivity index (χ0v) is 17.9. The van der Waals surface area contributed by atoms with Crippen molar-refractivity contribution in [3.05, 3.63) is 65.9 Å². The van der Waals surface area contributed by atoms with Gasteiger partial charge in [0.1, 0.15) is 11.5 Å². The van der Waals surface area contributed by atoms with Crippen molar-refractivity contribution in [3.63, 3.8) is 0 Å². The number of nitrogens with zero attached hydrogens (tertiary/aromatic N) is 6. The first-order valence-corrected chi connectivity index (χ1v) is 10.9. The van der Waals surface area contributed by atoms with E-state index < -0.39 is 12.3 Å². The van der Waals surface area contributed by atoms with Crippen LogP contribution in [0.4, 0.5) is 18.9 Å². The molecule has 2 fully saturated rings. The van der Waals surface area contributed by atoms with Gasteiger partial charge in [-0.05, 0) is 42.3 Å². The maximum Gasteiger partial charge on any atom is 0.314 e. The Balaban J connectivity index is 1.18. The average Bonchev–Trinajstić information content (AvgIpc) is 3.64. The number of rotatable bonds is 6. The van der Waals surface area contributed by atoms with Gasteiger partial charge in [0.15, 0.2) is 0 Å². The van der Waals surface area contributed by atoms with Crippen LogP contribution in [0.15, 0.2) is 53.1 Å². The highest BCUT2D eigenvalue weighted by atomic mass is 19.3. The van der Waals surface area contributed by atoms with Crippen molar-refractivity contribution >= 4 is 5.69 Å². The van der Waals surface area contributed by atoms with Gasteiger partial charge in [0.2, 0.25) is 5.89 Å². The molecule has 4 aromatic rings. The third-order valence-corrected chi connectivity index (χ3v) is 6.32. The van der Waals surface area contributed by atoms with Gasteiger partial charge in [0, 0.05) is 36.3 Å². The van der Waals surface area contributed by atoms with Gasteiger partial charge in [-0.3, -0.25) is 0 Å². The molecule has 2 aromatic heterocycles. The van der Waals surface area contributed by atoms with E-state index in [1.165, 1.54) is 6.07 Å². The second-order valence-electron chi connectivity index (χ2n) is 8.56. The minimum absolute atomic E-state index is 0.0408. The van der Waals surface area contributed by atoms with E-state index in [9.17, 15) is 13.2 Å². The second kappa shape index (κ2) is 8.24. The lowest BCUT2D eigenvalue weighted by atomic mass is 10.1. The molecule has 6 rings (SSSR count). The normalized spacial score (nSPS) is 19.5. The molecule has 4 heterocycles. The predicted molar refractivity (Wildman–Crippen MR) is 117 cm³/mol. The molecule has 174 valence electrons. The number of aromatic nitrogens is 5. The first-order chi connectivity index (χ1) is 16.5. The van der Waals surface area contributed by atoms with Crippen molar-refractivity contribution in [2.24, 2.45) is 0 Å². The predicted octanol–water partition coefficient (Wildman–Crippen LogP) is 3.67. The minimum Gasteiger partial charge on any atom is -0.415 e. The standard InChI is InChI=1S/C23H20F3N7O/c24-18-6-5-15(7-20(18)33-11-16-8-17(33)9-27-16)19-12-32(31-28-19)10-13-1-3-14(4-2-13)22-29-30-23(34-22)21(25)26/h1-7,12,16-17,21,27H,8-11H2/t16-,17-/m0/s1. The van der Waals surface area contributed by atoms with Crippen molar-refractivity contribution < 1.29 is 17.6 Å². The van der Waals surface area contributed by atoms with Crippen LogP contribution in [0, 0.1) is 5.82 Å². The molecule has 0 spiro atoms. The van der Waals surface area contributed by atoms with Crippen LogP contribution in [0.1, 0.15) is 24.3 Å². The van der Waals surface area contributed by atoms with Gasteiger partial charge < -0.3 is 14.6 Å². The zero-order chi connectivity index (χ0) is 23.2. The van der Waals surface area contributed by atoms with Crippen molar-refractivity contribution in [1.29, 1.82) is 0 Å². The summed E-state index contributed by atoms with van der Waals surface area (Å²) < 4.78 is 46.6. The summed E-state index contributed by atoms with van der Waals surface area (Å²) in [5, 5.41) is 18.9. The molecule has 2 aliphatic heterocycles. The van der Waals surface area contributed by atoms with E-state index in [2.05, 4.69) is 30.7 Å². The van der Waals surface area contributed by atoms with Crippen LogP contribution < -0.4 is 10.2 Å². The van der Waals surface area contributed by atoms with Gasteiger partial charge in [-0.1, -0.05) is 17.3 Å². The summed E-state index contributed by atoms with van der Waals surface area (Å²) in [5.41, 5.74) is 3.54. The Bertz CT molecular complexity index is 1320. The Hall–Kier alpha value is -3.73. The van der Waals surface area contributed by atoms with Gasteiger partial charge >= 0.3 is 6.43 Å². The van der Waals surface area contributed by atoms with Crippen molar-refractivity contribution in [1.82, 2.24) is 30.5 Å². The number of benzene rings is 2. The fourth-order valence-electron chi connectivity index (χ4n) is 4.64. The van der Waals surface area contributed by atoms with Crippen molar-refractivity contribution in [2.75, 3.05) is 18.0 Å². The van der Waals surface area contributed by atoms with Crippen LogP contribution in [0.3, 0.4) is 0 Å². The number of piperazine rings is 1. The highest BCUT2D eigenvalue weighted by molar-refractivity contribution is 5.66. The molecule has 0 aliphatic carbocycles. The van der Waals surface area contributed by atoms with Gasteiger partial charge in [-0.15, -0.1) is 15.3 Å². The number of anilines is 1. The molecule has 8 nitrogen and oxygen atoms in total. The summed E-state index contributed by atoms with van der Waals surface area (Å²) in [7, 11) is 0. The lowest BCUT2D eigenvalue weighted by Gasteiger charge is -2.30. The van der Waals surface area contributed by atoms with Crippen LogP contribution in [0.25, 0.3) is 22.7 Å². The lowest BCUT2D eigenvalue weighted by Crippen LogP contribution is -2.44. The number of hydrogen-bond donors (Lipinski definition) is 1. The quantitative estimate of drug-likeness (QED) is 0.463. The first kappa shape index (κ1) is 20.8. The number of alkyl halides is 2. The SMILES string of the molecule is Fc1ccc(-c2cn(Cc3ccc(-c4nnc(C(F)F)o4)cc3)nn2)cc1N1C[C@@H]2C[C@H]1CN2. The summed E-state index contributed by atoms with van der Waals surface area (Å²) in [6.07, 6.45) is 0.0512. The number of halogens is 3. The topological polar surface area (TPSA) is 84.9 Å². The summed E-state index contributed by atoms with van der Waals surface area (Å²) >= 11 is 0. The second-order valence-corrected chi connectivity index (χ2v) is 8.56. The Morgan fingerprint density at radius 3 is 2.59 bits per heavy atom. The number of nitrogens with one attached hydrogen (secondary N) is 1. The summed E-state index contributed by atoms with van der Waals surface area (Å²) in [6.45, 7) is 2.14. The average molecular weight is 467 g/mol.